The van der Waals surface area contributed by atoms with Crippen molar-refractivity contribution in [3.63, 3.8) is 0 Å². The molecule has 0 atom stereocenters. The van der Waals surface area contributed by atoms with Crippen LogP contribution in [0.2, 0.25) is 0 Å². The lowest BCUT2D eigenvalue weighted by atomic mass is 10.3. The standard InChI is InChI=1S/C13H14N4O2/c1-9(2)17-12(18)7-6-10(16-17)13(19)15-11-5-3-4-8-14-11/h3-9H,1-2H3,(H,14,15,19). The molecule has 2 rings (SSSR count). The predicted octanol–water partition coefficient (Wildman–Crippen LogP) is 1.47. The molecule has 0 unspecified atom stereocenters. The number of hydrogen-bond acceptors (Lipinski definition) is 4. The number of aromatic nitrogens is 3. The van der Waals surface area contributed by atoms with Gasteiger partial charge in [-0.05, 0) is 32.0 Å². The van der Waals surface area contributed by atoms with Crippen LogP contribution in [0.4, 0.5) is 5.82 Å². The first-order valence-electron chi connectivity index (χ1n) is 5.90. The van der Waals surface area contributed by atoms with E-state index in [1.807, 2.05) is 13.8 Å². The molecule has 0 spiro atoms. The van der Waals surface area contributed by atoms with Gasteiger partial charge in [-0.1, -0.05) is 6.07 Å². The number of anilines is 1. The highest BCUT2D eigenvalue weighted by molar-refractivity contribution is 6.02. The van der Waals surface area contributed by atoms with E-state index in [0.29, 0.717) is 5.82 Å². The number of amides is 1. The normalized spacial score (nSPS) is 10.5. The molecule has 0 bridgehead atoms. The summed E-state index contributed by atoms with van der Waals surface area (Å²) in [6.45, 7) is 3.66. The molecular weight excluding hydrogens is 244 g/mol. The summed E-state index contributed by atoms with van der Waals surface area (Å²) in [7, 11) is 0. The Hall–Kier alpha value is -2.50. The molecule has 0 aliphatic carbocycles. The highest BCUT2D eigenvalue weighted by Gasteiger charge is 2.11. The van der Waals surface area contributed by atoms with Crippen LogP contribution in [-0.4, -0.2) is 20.7 Å². The number of pyridine rings is 1. The van der Waals surface area contributed by atoms with E-state index >= 15 is 0 Å². The second-order valence-electron chi connectivity index (χ2n) is 4.26. The van der Waals surface area contributed by atoms with E-state index in [1.165, 1.54) is 16.8 Å². The second-order valence-corrected chi connectivity index (χ2v) is 4.26. The number of carbonyl (C=O) groups is 1. The minimum absolute atomic E-state index is 0.102. The van der Waals surface area contributed by atoms with Crippen LogP contribution in [0.3, 0.4) is 0 Å². The van der Waals surface area contributed by atoms with Crippen molar-refractivity contribution >= 4 is 11.7 Å². The lowest BCUT2D eigenvalue weighted by Crippen LogP contribution is -2.27. The van der Waals surface area contributed by atoms with Crippen LogP contribution < -0.4 is 10.9 Å². The molecule has 2 heterocycles. The highest BCUT2D eigenvalue weighted by atomic mass is 16.2. The Labute approximate surface area is 110 Å². The number of nitrogens with zero attached hydrogens (tertiary/aromatic N) is 3. The van der Waals surface area contributed by atoms with Crippen molar-refractivity contribution in [1.29, 1.82) is 0 Å². The van der Waals surface area contributed by atoms with Crippen LogP contribution in [0.5, 0.6) is 0 Å². The average Bonchev–Trinajstić information content (AvgIpc) is 2.40. The number of rotatable bonds is 3. The Kier molecular flexibility index (Phi) is 3.70. The molecule has 2 aromatic heterocycles. The predicted molar refractivity (Wildman–Crippen MR) is 71.1 cm³/mol. The molecule has 0 aliphatic rings. The summed E-state index contributed by atoms with van der Waals surface area (Å²) in [5.41, 5.74) is -0.0525. The first-order valence-corrected chi connectivity index (χ1v) is 5.90. The fourth-order valence-corrected chi connectivity index (χ4v) is 1.53. The van der Waals surface area contributed by atoms with E-state index in [1.54, 1.807) is 24.4 Å². The Balaban J connectivity index is 2.25. The van der Waals surface area contributed by atoms with Gasteiger partial charge in [0.05, 0.1) is 6.04 Å². The summed E-state index contributed by atoms with van der Waals surface area (Å²) >= 11 is 0. The van der Waals surface area contributed by atoms with Crippen molar-refractivity contribution in [1.82, 2.24) is 14.8 Å². The third kappa shape index (κ3) is 3.04. The lowest BCUT2D eigenvalue weighted by Gasteiger charge is -2.09. The molecule has 0 saturated heterocycles. The van der Waals surface area contributed by atoms with Gasteiger partial charge in [0.1, 0.15) is 11.5 Å². The molecular formula is C13H14N4O2. The van der Waals surface area contributed by atoms with Gasteiger partial charge >= 0.3 is 0 Å². The van der Waals surface area contributed by atoms with E-state index in [-0.39, 0.29) is 17.3 Å². The van der Waals surface area contributed by atoms with Crippen LogP contribution in [0.1, 0.15) is 30.4 Å². The zero-order chi connectivity index (χ0) is 13.8. The fraction of sp³-hybridized carbons (Fsp3) is 0.231. The van der Waals surface area contributed by atoms with Crippen LogP contribution in [0.15, 0.2) is 41.3 Å². The van der Waals surface area contributed by atoms with Crippen LogP contribution in [0, 0.1) is 0 Å². The average molecular weight is 258 g/mol. The van der Waals surface area contributed by atoms with Crippen molar-refractivity contribution in [3.8, 4) is 0 Å². The van der Waals surface area contributed by atoms with Gasteiger partial charge in [0.15, 0.2) is 0 Å². The molecule has 1 N–H and O–H groups in total. The van der Waals surface area contributed by atoms with Crippen molar-refractivity contribution in [2.45, 2.75) is 19.9 Å². The van der Waals surface area contributed by atoms with Gasteiger partial charge in [-0.3, -0.25) is 9.59 Å². The minimum Gasteiger partial charge on any atom is -0.305 e. The summed E-state index contributed by atoms with van der Waals surface area (Å²) < 4.78 is 1.27. The summed E-state index contributed by atoms with van der Waals surface area (Å²) in [4.78, 5) is 27.5. The largest absolute Gasteiger partial charge is 0.305 e. The molecule has 6 heteroatoms. The molecule has 98 valence electrons. The Morgan fingerprint density at radius 1 is 1.26 bits per heavy atom. The Bertz CT molecular complexity index is 635. The van der Waals surface area contributed by atoms with Crippen LogP contribution in [-0.2, 0) is 0 Å². The van der Waals surface area contributed by atoms with E-state index in [4.69, 9.17) is 0 Å². The lowest BCUT2D eigenvalue weighted by molar-refractivity contribution is 0.101. The van der Waals surface area contributed by atoms with Gasteiger partial charge in [0.25, 0.3) is 11.5 Å². The van der Waals surface area contributed by atoms with Gasteiger partial charge in [0, 0.05) is 12.3 Å². The number of carbonyl (C=O) groups excluding carboxylic acids is 1. The van der Waals surface area contributed by atoms with Crippen molar-refractivity contribution in [3.05, 3.63) is 52.6 Å². The number of hydrogen-bond donors (Lipinski definition) is 1. The maximum absolute atomic E-state index is 12.0. The summed E-state index contributed by atoms with van der Waals surface area (Å²) in [6.07, 6.45) is 1.58. The smallest absolute Gasteiger partial charge is 0.277 e. The molecule has 1 amide bonds. The molecule has 0 radical (unpaired) electrons. The summed E-state index contributed by atoms with van der Waals surface area (Å²) in [5, 5.41) is 6.65. The van der Waals surface area contributed by atoms with Crippen molar-refractivity contribution in [2.24, 2.45) is 0 Å². The van der Waals surface area contributed by atoms with E-state index in [2.05, 4.69) is 15.4 Å². The third-order valence-electron chi connectivity index (χ3n) is 2.45. The SMILES string of the molecule is CC(C)n1nc(C(=O)Nc2ccccn2)ccc1=O. The second kappa shape index (κ2) is 5.43. The molecule has 0 fully saturated rings. The van der Waals surface area contributed by atoms with Gasteiger partial charge < -0.3 is 5.32 Å². The molecule has 2 aromatic rings. The first-order chi connectivity index (χ1) is 9.08. The molecule has 19 heavy (non-hydrogen) atoms. The van der Waals surface area contributed by atoms with E-state index in [9.17, 15) is 9.59 Å². The topological polar surface area (TPSA) is 76.9 Å². The molecule has 6 nitrogen and oxygen atoms in total. The molecule has 0 aromatic carbocycles. The Morgan fingerprint density at radius 2 is 2.05 bits per heavy atom. The zero-order valence-corrected chi connectivity index (χ0v) is 10.7. The summed E-state index contributed by atoms with van der Waals surface area (Å²) in [6, 6.07) is 7.84. The quantitative estimate of drug-likeness (QED) is 0.904. The van der Waals surface area contributed by atoms with Gasteiger partial charge in [-0.15, -0.1) is 0 Å². The monoisotopic (exact) mass is 258 g/mol. The highest BCUT2D eigenvalue weighted by Crippen LogP contribution is 2.04. The maximum Gasteiger partial charge on any atom is 0.277 e. The minimum atomic E-state index is -0.395. The van der Waals surface area contributed by atoms with Gasteiger partial charge in [0.2, 0.25) is 0 Å². The van der Waals surface area contributed by atoms with Crippen molar-refractivity contribution < 1.29 is 4.79 Å². The molecule has 0 aliphatic heterocycles. The third-order valence-corrected chi connectivity index (χ3v) is 2.45. The van der Waals surface area contributed by atoms with Gasteiger partial charge in [-0.2, -0.15) is 5.10 Å². The number of nitrogens with one attached hydrogen (secondary N) is 1. The van der Waals surface area contributed by atoms with E-state index < -0.39 is 5.91 Å². The summed E-state index contributed by atoms with van der Waals surface area (Å²) in [5.74, 6) is 0.0460. The molecule has 0 saturated carbocycles. The Morgan fingerprint density at radius 3 is 2.68 bits per heavy atom. The van der Waals surface area contributed by atoms with E-state index in [0.717, 1.165) is 0 Å². The van der Waals surface area contributed by atoms with Crippen LogP contribution >= 0.6 is 0 Å². The zero-order valence-electron chi connectivity index (χ0n) is 10.7. The first kappa shape index (κ1) is 12.9. The van der Waals surface area contributed by atoms with Gasteiger partial charge in [-0.25, -0.2) is 9.67 Å². The fourth-order valence-electron chi connectivity index (χ4n) is 1.53. The van der Waals surface area contributed by atoms with Crippen molar-refractivity contribution in [2.75, 3.05) is 5.32 Å². The van der Waals surface area contributed by atoms with Crippen LogP contribution in [0.25, 0.3) is 0 Å². The maximum atomic E-state index is 12.0.